The highest BCUT2D eigenvalue weighted by Crippen LogP contribution is 2.28. The minimum absolute atomic E-state index is 0.532. The summed E-state index contributed by atoms with van der Waals surface area (Å²) in [5, 5.41) is 0.623. The maximum atomic E-state index is 6.06. The van der Waals surface area contributed by atoms with E-state index in [4.69, 9.17) is 21.1 Å². The van der Waals surface area contributed by atoms with Crippen LogP contribution < -0.4 is 9.64 Å². The molecule has 0 bridgehead atoms. The summed E-state index contributed by atoms with van der Waals surface area (Å²) in [6.45, 7) is 3.08. The van der Waals surface area contributed by atoms with Crippen LogP contribution in [0.2, 0.25) is 5.02 Å². The fraction of sp³-hybridized carbons (Fsp3) is 0.455. The third kappa shape index (κ3) is 3.29. The molecular weight excluding hydrogens is 214 g/mol. The van der Waals surface area contributed by atoms with Crippen LogP contribution in [-0.2, 0) is 4.74 Å². The van der Waals surface area contributed by atoms with Crippen molar-refractivity contribution in [2.75, 3.05) is 32.4 Å². The summed E-state index contributed by atoms with van der Waals surface area (Å²) in [4.78, 5) is 1.96. The molecule has 4 heteroatoms. The van der Waals surface area contributed by atoms with Crippen LogP contribution in [0.3, 0.4) is 0 Å². The molecule has 0 saturated carbocycles. The van der Waals surface area contributed by atoms with Crippen LogP contribution in [-0.4, -0.2) is 27.5 Å². The van der Waals surface area contributed by atoms with E-state index in [0.717, 1.165) is 5.69 Å². The molecule has 0 aromatic heterocycles. The Morgan fingerprint density at radius 2 is 2.13 bits per heavy atom. The molecule has 0 heterocycles. The Kier molecular flexibility index (Phi) is 4.72. The summed E-state index contributed by atoms with van der Waals surface area (Å²) in [6, 6.07) is 5.69. The van der Waals surface area contributed by atoms with Crippen LogP contribution in [0.1, 0.15) is 6.92 Å². The van der Waals surface area contributed by atoms with Gasteiger partial charge in [0.1, 0.15) is 12.5 Å². The normalized spacial score (nSPS) is 10.1. The van der Waals surface area contributed by atoms with Gasteiger partial charge in [-0.15, -0.1) is 0 Å². The van der Waals surface area contributed by atoms with Crippen molar-refractivity contribution in [3.63, 3.8) is 0 Å². The number of nitrogens with zero attached hydrogens (tertiary/aromatic N) is 1. The lowest BCUT2D eigenvalue weighted by molar-refractivity contribution is 0.202. The lowest BCUT2D eigenvalue weighted by Gasteiger charge is -2.18. The van der Waals surface area contributed by atoms with Gasteiger partial charge in [-0.3, -0.25) is 0 Å². The van der Waals surface area contributed by atoms with Gasteiger partial charge < -0.3 is 14.4 Å². The Balaban J connectivity index is 2.81. The van der Waals surface area contributed by atoms with Crippen molar-refractivity contribution < 1.29 is 9.47 Å². The van der Waals surface area contributed by atoms with Crippen LogP contribution in [0.25, 0.3) is 0 Å². The molecule has 0 aliphatic carbocycles. The standard InChI is InChI=1S/C11H16ClNO2/c1-4-15-11-6-5-9(7-10(11)12)13(2)8-14-3/h5-7H,4,8H2,1-3H3. The third-order valence-corrected chi connectivity index (χ3v) is 2.27. The molecule has 0 saturated heterocycles. The Labute approximate surface area is 95.5 Å². The van der Waals surface area contributed by atoms with Crippen molar-refractivity contribution in [2.45, 2.75) is 6.92 Å². The summed E-state index contributed by atoms with van der Waals surface area (Å²) in [7, 11) is 3.60. The fourth-order valence-electron chi connectivity index (χ4n) is 1.27. The summed E-state index contributed by atoms with van der Waals surface area (Å²) in [5.41, 5.74) is 1.00. The first-order valence-electron chi connectivity index (χ1n) is 4.81. The first kappa shape index (κ1) is 12.1. The molecule has 0 unspecified atom stereocenters. The van der Waals surface area contributed by atoms with Crippen LogP contribution in [0, 0.1) is 0 Å². The predicted molar refractivity (Wildman–Crippen MR) is 62.9 cm³/mol. The van der Waals surface area contributed by atoms with Gasteiger partial charge in [-0.05, 0) is 25.1 Å². The highest BCUT2D eigenvalue weighted by atomic mass is 35.5. The third-order valence-electron chi connectivity index (χ3n) is 1.98. The monoisotopic (exact) mass is 229 g/mol. The average Bonchev–Trinajstić information content (AvgIpc) is 2.21. The smallest absolute Gasteiger partial charge is 0.138 e. The van der Waals surface area contributed by atoms with Gasteiger partial charge in [-0.25, -0.2) is 0 Å². The number of hydrogen-bond donors (Lipinski definition) is 0. The molecule has 0 atom stereocenters. The molecule has 1 rings (SSSR count). The zero-order valence-corrected chi connectivity index (χ0v) is 10.0. The largest absolute Gasteiger partial charge is 0.492 e. The summed E-state index contributed by atoms with van der Waals surface area (Å²) in [6.07, 6.45) is 0. The van der Waals surface area contributed by atoms with Crippen molar-refractivity contribution >= 4 is 17.3 Å². The molecule has 0 radical (unpaired) electrons. The van der Waals surface area contributed by atoms with Crippen molar-refractivity contribution in [3.05, 3.63) is 23.2 Å². The number of anilines is 1. The SMILES string of the molecule is CCOc1ccc(N(C)COC)cc1Cl. The Hall–Kier alpha value is -0.930. The molecule has 3 nitrogen and oxygen atoms in total. The van der Waals surface area contributed by atoms with Crippen molar-refractivity contribution in [1.29, 1.82) is 0 Å². The topological polar surface area (TPSA) is 21.7 Å². The molecule has 0 spiro atoms. The predicted octanol–water partition coefficient (Wildman–Crippen LogP) is 2.78. The van der Waals surface area contributed by atoms with E-state index < -0.39 is 0 Å². The van der Waals surface area contributed by atoms with Gasteiger partial charge in [0.05, 0.1) is 11.6 Å². The number of rotatable bonds is 5. The average molecular weight is 230 g/mol. The minimum atomic E-state index is 0.532. The lowest BCUT2D eigenvalue weighted by Crippen LogP contribution is -2.19. The van der Waals surface area contributed by atoms with Gasteiger partial charge in [0.15, 0.2) is 0 Å². The zero-order valence-electron chi connectivity index (χ0n) is 9.29. The van der Waals surface area contributed by atoms with Crippen LogP contribution >= 0.6 is 11.6 Å². The Bertz CT molecular complexity index is 317. The minimum Gasteiger partial charge on any atom is -0.492 e. The van der Waals surface area contributed by atoms with Crippen molar-refractivity contribution in [3.8, 4) is 5.75 Å². The summed E-state index contributed by atoms with van der Waals surface area (Å²) in [5.74, 6) is 0.716. The Morgan fingerprint density at radius 1 is 1.40 bits per heavy atom. The number of methoxy groups -OCH3 is 1. The molecule has 84 valence electrons. The second kappa shape index (κ2) is 5.83. The van der Waals surface area contributed by atoms with E-state index in [-0.39, 0.29) is 0 Å². The highest BCUT2D eigenvalue weighted by molar-refractivity contribution is 6.32. The van der Waals surface area contributed by atoms with Gasteiger partial charge in [0.2, 0.25) is 0 Å². The van der Waals surface area contributed by atoms with Crippen molar-refractivity contribution in [2.24, 2.45) is 0 Å². The van der Waals surface area contributed by atoms with Crippen molar-refractivity contribution in [1.82, 2.24) is 0 Å². The molecule has 0 aliphatic heterocycles. The first-order chi connectivity index (χ1) is 7.19. The van der Waals surface area contributed by atoms with Gasteiger partial charge in [0.25, 0.3) is 0 Å². The molecule has 0 N–H and O–H groups in total. The van der Waals surface area contributed by atoms with E-state index in [1.807, 2.05) is 37.1 Å². The Morgan fingerprint density at radius 3 is 2.67 bits per heavy atom. The van der Waals surface area contributed by atoms with E-state index in [9.17, 15) is 0 Å². The maximum Gasteiger partial charge on any atom is 0.138 e. The molecule has 0 fully saturated rings. The lowest BCUT2D eigenvalue weighted by atomic mass is 10.3. The van der Waals surface area contributed by atoms with E-state index in [1.54, 1.807) is 7.11 Å². The number of halogens is 1. The highest BCUT2D eigenvalue weighted by Gasteiger charge is 2.05. The number of hydrogen-bond acceptors (Lipinski definition) is 3. The molecule has 1 aromatic rings. The van der Waals surface area contributed by atoms with Crippen LogP contribution in [0.4, 0.5) is 5.69 Å². The quantitative estimate of drug-likeness (QED) is 0.725. The van der Waals surface area contributed by atoms with E-state index in [0.29, 0.717) is 24.1 Å². The van der Waals surface area contributed by atoms with Gasteiger partial charge in [-0.1, -0.05) is 11.6 Å². The van der Waals surface area contributed by atoms with Gasteiger partial charge in [0, 0.05) is 19.8 Å². The molecule has 0 amide bonds. The second-order valence-electron chi connectivity index (χ2n) is 3.16. The van der Waals surface area contributed by atoms with Gasteiger partial charge in [-0.2, -0.15) is 0 Å². The first-order valence-corrected chi connectivity index (χ1v) is 5.19. The second-order valence-corrected chi connectivity index (χ2v) is 3.57. The molecular formula is C11H16ClNO2. The van der Waals surface area contributed by atoms with E-state index in [2.05, 4.69) is 0 Å². The van der Waals surface area contributed by atoms with Crippen LogP contribution in [0.15, 0.2) is 18.2 Å². The summed E-state index contributed by atoms with van der Waals surface area (Å²) >= 11 is 6.06. The van der Waals surface area contributed by atoms with E-state index >= 15 is 0 Å². The zero-order chi connectivity index (χ0) is 11.3. The van der Waals surface area contributed by atoms with E-state index in [1.165, 1.54) is 0 Å². The summed E-state index contributed by atoms with van der Waals surface area (Å²) < 4.78 is 10.4. The van der Waals surface area contributed by atoms with Crippen LogP contribution in [0.5, 0.6) is 5.75 Å². The molecule has 0 aliphatic rings. The molecule has 1 aromatic carbocycles. The number of ether oxygens (including phenoxy) is 2. The molecule has 15 heavy (non-hydrogen) atoms. The number of benzene rings is 1. The van der Waals surface area contributed by atoms with Gasteiger partial charge >= 0.3 is 0 Å². The maximum absolute atomic E-state index is 6.06. The fourth-order valence-corrected chi connectivity index (χ4v) is 1.50.